The number of hydrogen-bond donors (Lipinski definition) is 0. The highest BCUT2D eigenvalue weighted by Crippen LogP contribution is 2.09. The maximum atomic E-state index is 5.22. The number of unbranched alkanes of at least 4 members (excludes halogenated alkanes) is 1. The zero-order valence-corrected chi connectivity index (χ0v) is 9.66. The third kappa shape index (κ3) is 4.18. The Balaban J connectivity index is 2.41. The van der Waals surface area contributed by atoms with Crippen molar-refractivity contribution in [3.05, 3.63) is 35.4 Å². The molecule has 1 nitrogen and oxygen atoms in total. The standard InChI is InChI=1S/C14H19N/c1-4-5-8-11-15(3)12-14-10-7-6-9-13(14)2/h1,6-7,9-10H,5,8,11-12H2,2-3H3. The maximum Gasteiger partial charge on any atom is 0.0233 e. The monoisotopic (exact) mass is 201 g/mol. The molecule has 1 aromatic rings. The Morgan fingerprint density at radius 2 is 2.07 bits per heavy atom. The molecule has 0 radical (unpaired) electrons. The van der Waals surface area contributed by atoms with Gasteiger partial charge in [0.15, 0.2) is 0 Å². The van der Waals surface area contributed by atoms with Gasteiger partial charge in [-0.25, -0.2) is 0 Å². The van der Waals surface area contributed by atoms with Crippen molar-refractivity contribution in [3.8, 4) is 12.3 Å². The number of terminal acetylenes is 1. The van der Waals surface area contributed by atoms with E-state index in [4.69, 9.17) is 6.42 Å². The van der Waals surface area contributed by atoms with Gasteiger partial charge in [0.1, 0.15) is 0 Å². The molecule has 0 amide bonds. The average Bonchev–Trinajstić information content (AvgIpc) is 2.22. The molecule has 1 heteroatoms. The van der Waals surface area contributed by atoms with E-state index in [2.05, 4.69) is 49.1 Å². The van der Waals surface area contributed by atoms with Gasteiger partial charge in [-0.2, -0.15) is 0 Å². The fraction of sp³-hybridized carbons (Fsp3) is 0.429. The fourth-order valence-electron chi connectivity index (χ4n) is 1.61. The molecule has 1 aromatic carbocycles. The third-order valence-corrected chi connectivity index (χ3v) is 2.56. The Bertz CT molecular complexity index is 335. The van der Waals surface area contributed by atoms with E-state index in [0.717, 1.165) is 25.9 Å². The van der Waals surface area contributed by atoms with E-state index in [1.807, 2.05) is 0 Å². The van der Waals surface area contributed by atoms with Crippen molar-refractivity contribution >= 4 is 0 Å². The van der Waals surface area contributed by atoms with Gasteiger partial charge in [0, 0.05) is 13.0 Å². The van der Waals surface area contributed by atoms with Crippen molar-refractivity contribution < 1.29 is 0 Å². The largest absolute Gasteiger partial charge is 0.302 e. The van der Waals surface area contributed by atoms with Crippen LogP contribution in [0, 0.1) is 19.3 Å². The minimum absolute atomic E-state index is 0.873. The zero-order chi connectivity index (χ0) is 11.1. The first kappa shape index (κ1) is 11.8. The van der Waals surface area contributed by atoms with Crippen LogP contribution in [0.1, 0.15) is 24.0 Å². The highest BCUT2D eigenvalue weighted by Gasteiger charge is 2.01. The van der Waals surface area contributed by atoms with Crippen molar-refractivity contribution in [1.29, 1.82) is 0 Å². The Hall–Kier alpha value is -1.26. The predicted octanol–water partition coefficient (Wildman–Crippen LogP) is 2.84. The molecule has 0 saturated carbocycles. The van der Waals surface area contributed by atoms with E-state index in [-0.39, 0.29) is 0 Å². The molecule has 0 unspecified atom stereocenters. The summed E-state index contributed by atoms with van der Waals surface area (Å²) >= 11 is 0. The van der Waals surface area contributed by atoms with Crippen LogP contribution in [0.2, 0.25) is 0 Å². The first-order valence-electron chi connectivity index (χ1n) is 5.40. The second-order valence-electron chi connectivity index (χ2n) is 3.97. The molecular formula is C14H19N. The Morgan fingerprint density at radius 1 is 1.33 bits per heavy atom. The summed E-state index contributed by atoms with van der Waals surface area (Å²) in [5.74, 6) is 2.67. The van der Waals surface area contributed by atoms with E-state index in [9.17, 15) is 0 Å². The van der Waals surface area contributed by atoms with Gasteiger partial charge in [-0.3, -0.25) is 0 Å². The lowest BCUT2D eigenvalue weighted by molar-refractivity contribution is 0.323. The summed E-state index contributed by atoms with van der Waals surface area (Å²) in [5, 5.41) is 0. The highest BCUT2D eigenvalue weighted by atomic mass is 15.1. The molecule has 15 heavy (non-hydrogen) atoms. The summed E-state index contributed by atoms with van der Waals surface area (Å²) in [6, 6.07) is 8.52. The first-order chi connectivity index (χ1) is 7.24. The molecule has 0 N–H and O–H groups in total. The quantitative estimate of drug-likeness (QED) is 0.523. The molecule has 80 valence electrons. The van der Waals surface area contributed by atoms with Crippen LogP contribution in [0.15, 0.2) is 24.3 Å². The highest BCUT2D eigenvalue weighted by molar-refractivity contribution is 5.25. The number of nitrogens with zero attached hydrogens (tertiary/aromatic N) is 1. The third-order valence-electron chi connectivity index (χ3n) is 2.56. The minimum Gasteiger partial charge on any atom is -0.302 e. The lowest BCUT2D eigenvalue weighted by Crippen LogP contribution is -2.19. The summed E-state index contributed by atoms with van der Waals surface area (Å²) in [6.45, 7) is 4.24. The lowest BCUT2D eigenvalue weighted by Gasteiger charge is -2.17. The van der Waals surface area contributed by atoms with Crippen molar-refractivity contribution in [2.24, 2.45) is 0 Å². The van der Waals surface area contributed by atoms with Crippen LogP contribution < -0.4 is 0 Å². The van der Waals surface area contributed by atoms with Crippen molar-refractivity contribution in [2.75, 3.05) is 13.6 Å². The Morgan fingerprint density at radius 3 is 2.73 bits per heavy atom. The summed E-state index contributed by atoms with van der Waals surface area (Å²) in [5.41, 5.74) is 2.77. The van der Waals surface area contributed by atoms with Crippen LogP contribution in [0.4, 0.5) is 0 Å². The molecule has 1 rings (SSSR count). The molecule has 0 saturated heterocycles. The molecule has 0 heterocycles. The van der Waals surface area contributed by atoms with Crippen LogP contribution in [0.25, 0.3) is 0 Å². The molecule has 0 aliphatic rings. The van der Waals surface area contributed by atoms with Crippen LogP contribution >= 0.6 is 0 Å². The van der Waals surface area contributed by atoms with Gasteiger partial charge in [-0.1, -0.05) is 24.3 Å². The second-order valence-corrected chi connectivity index (χ2v) is 3.97. The van der Waals surface area contributed by atoms with Gasteiger partial charge in [0.05, 0.1) is 0 Å². The van der Waals surface area contributed by atoms with Gasteiger partial charge in [0.25, 0.3) is 0 Å². The second kappa shape index (κ2) is 6.27. The summed E-state index contributed by atoms with van der Waals surface area (Å²) in [4.78, 5) is 2.32. The molecule has 0 bridgehead atoms. The van der Waals surface area contributed by atoms with E-state index in [0.29, 0.717) is 0 Å². The van der Waals surface area contributed by atoms with Gasteiger partial charge < -0.3 is 4.90 Å². The Labute approximate surface area is 93.1 Å². The molecule has 0 aliphatic heterocycles. The van der Waals surface area contributed by atoms with Crippen molar-refractivity contribution in [1.82, 2.24) is 4.90 Å². The van der Waals surface area contributed by atoms with Crippen LogP contribution in [-0.2, 0) is 6.54 Å². The summed E-state index contributed by atoms with van der Waals surface area (Å²) < 4.78 is 0. The first-order valence-corrected chi connectivity index (χ1v) is 5.40. The molecular weight excluding hydrogens is 182 g/mol. The lowest BCUT2D eigenvalue weighted by atomic mass is 10.1. The van der Waals surface area contributed by atoms with Gasteiger partial charge >= 0.3 is 0 Å². The maximum absolute atomic E-state index is 5.22. The SMILES string of the molecule is C#CCCCN(C)Cc1ccccc1C. The number of aryl methyl sites for hydroxylation is 1. The van der Waals surface area contributed by atoms with Crippen LogP contribution in [-0.4, -0.2) is 18.5 Å². The predicted molar refractivity (Wildman–Crippen MR) is 65.6 cm³/mol. The molecule has 0 spiro atoms. The van der Waals surface area contributed by atoms with Crippen LogP contribution in [0.3, 0.4) is 0 Å². The number of benzene rings is 1. The summed E-state index contributed by atoms with van der Waals surface area (Å²) in [6.07, 6.45) is 7.18. The van der Waals surface area contributed by atoms with Gasteiger partial charge in [0.2, 0.25) is 0 Å². The fourth-order valence-corrected chi connectivity index (χ4v) is 1.61. The summed E-state index contributed by atoms with van der Waals surface area (Å²) in [7, 11) is 2.14. The average molecular weight is 201 g/mol. The molecule has 0 fully saturated rings. The van der Waals surface area contributed by atoms with Gasteiger partial charge in [-0.15, -0.1) is 12.3 Å². The molecule has 0 aliphatic carbocycles. The smallest absolute Gasteiger partial charge is 0.0233 e. The van der Waals surface area contributed by atoms with Crippen molar-refractivity contribution in [3.63, 3.8) is 0 Å². The Kier molecular flexibility index (Phi) is 4.93. The van der Waals surface area contributed by atoms with Gasteiger partial charge in [-0.05, 0) is 38.1 Å². The van der Waals surface area contributed by atoms with E-state index >= 15 is 0 Å². The van der Waals surface area contributed by atoms with Crippen molar-refractivity contribution in [2.45, 2.75) is 26.3 Å². The molecule has 0 aromatic heterocycles. The minimum atomic E-state index is 0.873. The van der Waals surface area contributed by atoms with E-state index in [1.54, 1.807) is 0 Å². The number of hydrogen-bond acceptors (Lipinski definition) is 1. The zero-order valence-electron chi connectivity index (χ0n) is 9.66. The van der Waals surface area contributed by atoms with E-state index < -0.39 is 0 Å². The molecule has 0 atom stereocenters. The van der Waals surface area contributed by atoms with E-state index in [1.165, 1.54) is 11.1 Å². The number of rotatable bonds is 5. The normalized spacial score (nSPS) is 10.3. The topological polar surface area (TPSA) is 3.24 Å². The van der Waals surface area contributed by atoms with Crippen LogP contribution in [0.5, 0.6) is 0 Å².